The topological polar surface area (TPSA) is 33.1 Å². The van der Waals surface area contributed by atoms with Gasteiger partial charge in [0.1, 0.15) is 0 Å². The van der Waals surface area contributed by atoms with E-state index in [-0.39, 0.29) is 5.90 Å². The molecule has 0 atom stereocenters. The molecule has 0 aliphatic carbocycles. The van der Waals surface area contributed by atoms with Gasteiger partial charge in [0.15, 0.2) is 5.90 Å². The minimum atomic E-state index is 0.272. The molecule has 0 fully saturated rings. The van der Waals surface area contributed by atoms with Crippen molar-refractivity contribution < 1.29 is 4.74 Å². The highest BCUT2D eigenvalue weighted by Gasteiger charge is 2.06. The quantitative estimate of drug-likeness (QED) is 0.633. The van der Waals surface area contributed by atoms with Crippen molar-refractivity contribution in [1.82, 2.24) is 0 Å². The molecule has 15 heavy (non-hydrogen) atoms. The van der Waals surface area contributed by atoms with E-state index >= 15 is 0 Å². The lowest BCUT2D eigenvalue weighted by molar-refractivity contribution is 0.314. The molecule has 4 heteroatoms. The molecule has 82 valence electrons. The van der Waals surface area contributed by atoms with Gasteiger partial charge in [0, 0.05) is 16.5 Å². The molecule has 0 saturated heterocycles. The van der Waals surface area contributed by atoms with Crippen molar-refractivity contribution in [1.29, 1.82) is 5.41 Å². The summed E-state index contributed by atoms with van der Waals surface area (Å²) in [6, 6.07) is 5.40. The molecule has 0 bridgehead atoms. The fourth-order valence-corrected chi connectivity index (χ4v) is 1.84. The first-order valence-electron chi connectivity index (χ1n) is 4.78. The van der Waals surface area contributed by atoms with Crippen LogP contribution in [0.1, 0.15) is 18.9 Å². The van der Waals surface area contributed by atoms with Gasteiger partial charge in [0.2, 0.25) is 0 Å². The molecule has 0 unspecified atom stereocenters. The molecule has 0 heterocycles. The van der Waals surface area contributed by atoms with Crippen LogP contribution in [-0.4, -0.2) is 12.5 Å². The molecule has 1 aromatic carbocycles. The smallest absolute Gasteiger partial charge is 0.180 e. The first-order valence-corrected chi connectivity index (χ1v) is 5.53. The highest BCUT2D eigenvalue weighted by Crippen LogP contribution is 2.25. The minimum absolute atomic E-state index is 0.272. The van der Waals surface area contributed by atoms with E-state index in [2.05, 4.69) is 0 Å². The zero-order chi connectivity index (χ0) is 11.3. The van der Waals surface area contributed by atoms with Gasteiger partial charge in [-0.05, 0) is 31.0 Å². The minimum Gasteiger partial charge on any atom is -0.481 e. The summed E-state index contributed by atoms with van der Waals surface area (Å²) in [6.45, 7) is 2.38. The third-order valence-corrected chi connectivity index (χ3v) is 2.69. The van der Waals surface area contributed by atoms with Gasteiger partial charge in [0.05, 0.1) is 6.61 Å². The van der Waals surface area contributed by atoms with Crippen LogP contribution >= 0.6 is 23.2 Å². The lowest BCUT2D eigenvalue weighted by Crippen LogP contribution is -2.04. The molecular weight excluding hydrogens is 233 g/mol. The average molecular weight is 246 g/mol. The molecule has 0 radical (unpaired) electrons. The van der Waals surface area contributed by atoms with E-state index in [4.69, 9.17) is 33.3 Å². The van der Waals surface area contributed by atoms with Gasteiger partial charge in [-0.25, -0.2) is 0 Å². The van der Waals surface area contributed by atoms with Crippen molar-refractivity contribution in [3.8, 4) is 0 Å². The predicted molar refractivity (Wildman–Crippen MR) is 64.1 cm³/mol. The highest BCUT2D eigenvalue weighted by molar-refractivity contribution is 6.36. The molecule has 0 aliphatic heterocycles. The summed E-state index contributed by atoms with van der Waals surface area (Å²) in [5.41, 5.74) is 0.880. The van der Waals surface area contributed by atoms with Gasteiger partial charge in [-0.1, -0.05) is 29.3 Å². The van der Waals surface area contributed by atoms with E-state index in [0.717, 1.165) is 5.56 Å². The largest absolute Gasteiger partial charge is 0.481 e. The van der Waals surface area contributed by atoms with Crippen LogP contribution in [0, 0.1) is 5.41 Å². The fourth-order valence-electron chi connectivity index (χ4n) is 1.26. The number of ether oxygens (including phenoxy) is 1. The molecule has 2 nitrogen and oxygen atoms in total. The van der Waals surface area contributed by atoms with E-state index in [1.54, 1.807) is 12.1 Å². The Kier molecular flexibility index (Phi) is 4.92. The Morgan fingerprint density at radius 3 is 2.47 bits per heavy atom. The van der Waals surface area contributed by atoms with Crippen LogP contribution in [0.4, 0.5) is 0 Å². The van der Waals surface area contributed by atoms with Crippen molar-refractivity contribution in [3.05, 3.63) is 33.8 Å². The fraction of sp³-hybridized carbons (Fsp3) is 0.364. The van der Waals surface area contributed by atoms with E-state index < -0.39 is 0 Å². The second-order valence-electron chi connectivity index (χ2n) is 3.06. The monoisotopic (exact) mass is 245 g/mol. The van der Waals surface area contributed by atoms with Crippen LogP contribution in [0.15, 0.2) is 18.2 Å². The summed E-state index contributed by atoms with van der Waals surface area (Å²) >= 11 is 12.0. The molecule has 0 aliphatic rings. The molecule has 1 aromatic rings. The van der Waals surface area contributed by atoms with Gasteiger partial charge in [-0.2, -0.15) is 0 Å². The van der Waals surface area contributed by atoms with Crippen molar-refractivity contribution in [2.75, 3.05) is 6.61 Å². The van der Waals surface area contributed by atoms with Crippen LogP contribution in [-0.2, 0) is 11.2 Å². The van der Waals surface area contributed by atoms with Gasteiger partial charge in [-0.3, -0.25) is 5.41 Å². The first kappa shape index (κ1) is 12.3. The Bertz CT molecular complexity index is 332. The normalized spacial score (nSPS) is 10.1. The SMILES string of the molecule is CCOC(=N)CCc1c(Cl)cccc1Cl. The summed E-state index contributed by atoms with van der Waals surface area (Å²) < 4.78 is 5.04. The summed E-state index contributed by atoms with van der Waals surface area (Å²) in [5, 5.41) is 8.76. The van der Waals surface area contributed by atoms with Gasteiger partial charge in [0.25, 0.3) is 0 Å². The summed E-state index contributed by atoms with van der Waals surface area (Å²) in [6.07, 6.45) is 1.16. The molecule has 1 rings (SSSR count). The molecule has 0 amide bonds. The van der Waals surface area contributed by atoms with Crippen molar-refractivity contribution in [2.45, 2.75) is 19.8 Å². The van der Waals surface area contributed by atoms with Crippen LogP contribution in [0.2, 0.25) is 10.0 Å². The Balaban J connectivity index is 2.61. The highest BCUT2D eigenvalue weighted by atomic mass is 35.5. The van der Waals surface area contributed by atoms with E-state index in [0.29, 0.717) is 29.5 Å². The lowest BCUT2D eigenvalue weighted by atomic mass is 10.1. The number of rotatable bonds is 4. The maximum absolute atomic E-state index is 7.47. The number of halogens is 2. The van der Waals surface area contributed by atoms with Crippen molar-refractivity contribution in [2.24, 2.45) is 0 Å². The Labute approximate surface area is 99.7 Å². The first-order chi connectivity index (χ1) is 7.15. The van der Waals surface area contributed by atoms with E-state index in [1.807, 2.05) is 13.0 Å². The summed E-state index contributed by atoms with van der Waals surface area (Å²) in [7, 11) is 0. The second kappa shape index (κ2) is 5.99. The number of benzene rings is 1. The Morgan fingerprint density at radius 2 is 1.93 bits per heavy atom. The third-order valence-electron chi connectivity index (χ3n) is 1.98. The van der Waals surface area contributed by atoms with E-state index in [1.165, 1.54) is 0 Å². The van der Waals surface area contributed by atoms with Crippen molar-refractivity contribution in [3.63, 3.8) is 0 Å². The standard InChI is InChI=1S/C11H13Cl2NO/c1-2-15-11(14)7-6-8-9(12)4-3-5-10(8)13/h3-5,14H,2,6-7H2,1H3. The zero-order valence-electron chi connectivity index (χ0n) is 8.52. The zero-order valence-corrected chi connectivity index (χ0v) is 10.0. The predicted octanol–water partition coefficient (Wildman–Crippen LogP) is 3.94. The maximum atomic E-state index is 7.47. The maximum Gasteiger partial charge on any atom is 0.180 e. The van der Waals surface area contributed by atoms with Gasteiger partial charge >= 0.3 is 0 Å². The molecule has 0 spiro atoms. The number of hydrogen-bond acceptors (Lipinski definition) is 2. The average Bonchev–Trinajstić information content (AvgIpc) is 2.17. The molecular formula is C11H13Cl2NO. The van der Waals surface area contributed by atoms with Gasteiger partial charge in [-0.15, -0.1) is 0 Å². The molecule has 0 aromatic heterocycles. The van der Waals surface area contributed by atoms with Crippen LogP contribution in [0.3, 0.4) is 0 Å². The Morgan fingerprint density at radius 1 is 1.33 bits per heavy atom. The van der Waals surface area contributed by atoms with Crippen molar-refractivity contribution >= 4 is 29.1 Å². The van der Waals surface area contributed by atoms with Crippen LogP contribution in [0.5, 0.6) is 0 Å². The number of hydrogen-bond donors (Lipinski definition) is 1. The third kappa shape index (κ3) is 3.73. The molecule has 0 saturated carbocycles. The second-order valence-corrected chi connectivity index (χ2v) is 3.87. The van der Waals surface area contributed by atoms with E-state index in [9.17, 15) is 0 Å². The van der Waals surface area contributed by atoms with Crippen LogP contribution < -0.4 is 0 Å². The lowest BCUT2D eigenvalue weighted by Gasteiger charge is -2.07. The van der Waals surface area contributed by atoms with Crippen LogP contribution in [0.25, 0.3) is 0 Å². The molecule has 1 N–H and O–H groups in total. The summed E-state index contributed by atoms with van der Waals surface area (Å²) in [4.78, 5) is 0. The Hall–Kier alpha value is -0.730. The summed E-state index contributed by atoms with van der Waals surface area (Å²) in [5.74, 6) is 0.272. The van der Waals surface area contributed by atoms with Gasteiger partial charge < -0.3 is 4.74 Å². The number of nitrogens with one attached hydrogen (secondary N) is 1.